The molecular weight excluding hydrogens is 434 g/mol. The molecular formula is C26H29N3O3S. The highest BCUT2D eigenvalue weighted by atomic mass is 32.2. The van der Waals surface area contributed by atoms with Crippen molar-refractivity contribution in [1.82, 2.24) is 4.90 Å². The van der Waals surface area contributed by atoms with Crippen molar-refractivity contribution in [2.24, 2.45) is 0 Å². The Morgan fingerprint density at radius 2 is 1.94 bits per heavy atom. The summed E-state index contributed by atoms with van der Waals surface area (Å²) in [5, 5.41) is 10.8. The fraction of sp³-hybridized carbons (Fsp3) is 0.385. The molecule has 0 radical (unpaired) electrons. The Morgan fingerprint density at radius 1 is 1.15 bits per heavy atom. The maximum absolute atomic E-state index is 13.2. The Labute approximate surface area is 199 Å². The lowest BCUT2D eigenvalue weighted by Gasteiger charge is -2.42. The SMILES string of the molecule is CCCCc1ccc(N2CSC3=C(C#N)[C@H](c4ccc(OC)cc4OC)CC(=O)N3C2)cc1. The van der Waals surface area contributed by atoms with Gasteiger partial charge in [0.15, 0.2) is 0 Å². The normalized spacial score (nSPS) is 18.1. The first-order valence-electron chi connectivity index (χ1n) is 11.2. The van der Waals surface area contributed by atoms with Crippen LogP contribution in [-0.2, 0) is 11.2 Å². The summed E-state index contributed by atoms with van der Waals surface area (Å²) in [5.41, 5.74) is 3.88. The number of methoxy groups -OCH3 is 2. The quantitative estimate of drug-likeness (QED) is 0.558. The number of carbonyl (C=O) groups is 1. The van der Waals surface area contributed by atoms with Crippen LogP contribution in [-0.4, -0.2) is 37.6 Å². The molecule has 0 bridgehead atoms. The number of allylic oxidation sites excluding steroid dienone is 1. The first-order chi connectivity index (χ1) is 16.1. The summed E-state index contributed by atoms with van der Waals surface area (Å²) < 4.78 is 10.9. The van der Waals surface area contributed by atoms with Crippen molar-refractivity contribution < 1.29 is 14.3 Å². The molecule has 0 N–H and O–H groups in total. The van der Waals surface area contributed by atoms with Gasteiger partial charge >= 0.3 is 0 Å². The van der Waals surface area contributed by atoms with Crippen LogP contribution in [0.5, 0.6) is 11.5 Å². The van der Waals surface area contributed by atoms with Gasteiger partial charge in [0.2, 0.25) is 5.91 Å². The predicted molar refractivity (Wildman–Crippen MR) is 131 cm³/mol. The molecule has 0 aromatic heterocycles. The number of benzene rings is 2. The molecule has 2 aliphatic rings. The molecule has 0 unspecified atom stereocenters. The number of anilines is 1. The molecule has 2 aliphatic heterocycles. The Balaban J connectivity index is 1.59. The molecule has 6 nitrogen and oxygen atoms in total. The van der Waals surface area contributed by atoms with E-state index < -0.39 is 0 Å². The zero-order valence-corrected chi connectivity index (χ0v) is 20.2. The number of thioether (sulfide) groups is 1. The van der Waals surface area contributed by atoms with Gasteiger partial charge in [-0.3, -0.25) is 9.69 Å². The van der Waals surface area contributed by atoms with Gasteiger partial charge < -0.3 is 14.4 Å². The largest absolute Gasteiger partial charge is 0.497 e. The van der Waals surface area contributed by atoms with Gasteiger partial charge in [-0.1, -0.05) is 43.3 Å². The standard InChI is InChI=1S/C26H29N3O3S/c1-4-5-6-18-7-9-19(10-8-18)28-16-29-25(30)14-22(23(15-27)26(29)33-17-28)21-12-11-20(31-2)13-24(21)32-3/h7-13,22H,4-6,14,16-17H2,1-3H3/t22-/m0/s1. The summed E-state index contributed by atoms with van der Waals surface area (Å²) in [6.45, 7) is 2.65. The van der Waals surface area contributed by atoms with Gasteiger partial charge in [0, 0.05) is 29.7 Å². The zero-order valence-electron chi connectivity index (χ0n) is 19.3. The molecule has 0 spiro atoms. The number of rotatable bonds is 7. The summed E-state index contributed by atoms with van der Waals surface area (Å²) >= 11 is 1.55. The van der Waals surface area contributed by atoms with Gasteiger partial charge in [-0.05, 0) is 36.6 Å². The molecule has 1 fully saturated rings. The molecule has 2 aromatic rings. The van der Waals surface area contributed by atoms with Crippen molar-refractivity contribution in [3.8, 4) is 17.6 Å². The first-order valence-corrected chi connectivity index (χ1v) is 12.2. The number of unbranched alkanes of at least 4 members (excludes halogenated alkanes) is 1. The Hall–Kier alpha value is -3.11. The lowest BCUT2D eigenvalue weighted by molar-refractivity contribution is -0.129. The third kappa shape index (κ3) is 4.67. The molecule has 1 amide bonds. The van der Waals surface area contributed by atoms with Crippen LogP contribution in [0.25, 0.3) is 0 Å². The minimum absolute atomic E-state index is 0.0173. The van der Waals surface area contributed by atoms with Crippen LogP contribution in [0.3, 0.4) is 0 Å². The van der Waals surface area contributed by atoms with Gasteiger partial charge in [-0.2, -0.15) is 5.26 Å². The van der Waals surface area contributed by atoms with Gasteiger partial charge in [-0.25, -0.2) is 0 Å². The minimum Gasteiger partial charge on any atom is -0.497 e. The van der Waals surface area contributed by atoms with Crippen LogP contribution >= 0.6 is 11.8 Å². The van der Waals surface area contributed by atoms with E-state index in [1.807, 2.05) is 12.1 Å². The number of hydrogen-bond acceptors (Lipinski definition) is 6. The summed E-state index contributed by atoms with van der Waals surface area (Å²) in [4.78, 5) is 17.2. The number of fused-ring (bicyclic) bond motifs is 1. The fourth-order valence-corrected chi connectivity index (χ4v) is 5.52. The van der Waals surface area contributed by atoms with Crippen molar-refractivity contribution in [3.63, 3.8) is 0 Å². The molecule has 1 atom stereocenters. The van der Waals surface area contributed by atoms with Crippen LogP contribution in [0.2, 0.25) is 0 Å². The number of nitrogens with zero attached hydrogens (tertiary/aromatic N) is 3. The van der Waals surface area contributed by atoms with Crippen molar-refractivity contribution in [2.75, 3.05) is 31.7 Å². The van der Waals surface area contributed by atoms with E-state index in [2.05, 4.69) is 42.2 Å². The average molecular weight is 464 g/mol. The molecule has 2 heterocycles. The van der Waals surface area contributed by atoms with Crippen LogP contribution in [0.4, 0.5) is 5.69 Å². The molecule has 0 aliphatic carbocycles. The van der Waals surface area contributed by atoms with Gasteiger partial charge in [-0.15, -0.1) is 0 Å². The fourth-order valence-electron chi connectivity index (χ4n) is 4.35. The molecule has 0 saturated carbocycles. The smallest absolute Gasteiger partial charge is 0.229 e. The van der Waals surface area contributed by atoms with Crippen molar-refractivity contribution in [1.29, 1.82) is 5.26 Å². The van der Waals surface area contributed by atoms with Crippen LogP contribution in [0.1, 0.15) is 43.2 Å². The topological polar surface area (TPSA) is 65.8 Å². The lowest BCUT2D eigenvalue weighted by atomic mass is 9.86. The highest BCUT2D eigenvalue weighted by molar-refractivity contribution is 8.03. The average Bonchev–Trinajstić information content (AvgIpc) is 2.87. The molecule has 33 heavy (non-hydrogen) atoms. The Kier molecular flexibility index (Phi) is 7.14. The van der Waals surface area contributed by atoms with Crippen molar-refractivity contribution in [3.05, 3.63) is 64.2 Å². The predicted octanol–water partition coefficient (Wildman–Crippen LogP) is 5.27. The van der Waals surface area contributed by atoms with E-state index in [9.17, 15) is 10.1 Å². The third-order valence-electron chi connectivity index (χ3n) is 6.23. The summed E-state index contributed by atoms with van der Waals surface area (Å²) in [6, 6.07) is 16.5. The molecule has 7 heteroatoms. The van der Waals surface area contributed by atoms with E-state index in [-0.39, 0.29) is 18.2 Å². The monoisotopic (exact) mass is 463 g/mol. The van der Waals surface area contributed by atoms with Crippen LogP contribution in [0, 0.1) is 11.3 Å². The van der Waals surface area contributed by atoms with E-state index in [0.717, 1.165) is 22.7 Å². The molecule has 2 aromatic carbocycles. The number of hydrogen-bond donors (Lipinski definition) is 0. The third-order valence-corrected chi connectivity index (χ3v) is 7.38. The van der Waals surface area contributed by atoms with Gasteiger partial charge in [0.05, 0.1) is 43.4 Å². The number of carbonyl (C=O) groups excluding carboxylic acids is 1. The maximum Gasteiger partial charge on any atom is 0.229 e. The van der Waals surface area contributed by atoms with Crippen LogP contribution < -0.4 is 14.4 Å². The number of nitriles is 1. The number of amides is 1. The maximum atomic E-state index is 13.2. The summed E-state index contributed by atoms with van der Waals surface area (Å²) in [7, 11) is 3.19. The second-order valence-corrected chi connectivity index (χ2v) is 9.18. The van der Waals surface area contributed by atoms with Crippen molar-refractivity contribution in [2.45, 2.75) is 38.5 Å². The van der Waals surface area contributed by atoms with E-state index in [0.29, 0.717) is 29.6 Å². The zero-order chi connectivity index (χ0) is 23.4. The van der Waals surface area contributed by atoms with Crippen LogP contribution in [0.15, 0.2) is 53.1 Å². The highest BCUT2D eigenvalue weighted by Gasteiger charge is 2.39. The minimum atomic E-state index is -0.327. The van der Waals surface area contributed by atoms with Crippen molar-refractivity contribution >= 4 is 23.4 Å². The van der Waals surface area contributed by atoms with E-state index in [1.54, 1.807) is 36.9 Å². The lowest BCUT2D eigenvalue weighted by Crippen LogP contribution is -2.47. The van der Waals surface area contributed by atoms with E-state index in [1.165, 1.54) is 18.4 Å². The van der Waals surface area contributed by atoms with Gasteiger partial charge in [0.1, 0.15) is 11.5 Å². The number of aryl methyl sites for hydroxylation is 1. The number of ether oxygens (including phenoxy) is 2. The molecule has 1 saturated heterocycles. The molecule has 4 rings (SSSR count). The Bertz CT molecular complexity index is 1090. The summed E-state index contributed by atoms with van der Waals surface area (Å²) in [5.74, 6) is 1.68. The van der Waals surface area contributed by atoms with E-state index in [4.69, 9.17) is 9.47 Å². The second kappa shape index (κ2) is 10.2. The second-order valence-electron chi connectivity index (χ2n) is 8.24. The van der Waals surface area contributed by atoms with Gasteiger partial charge in [0.25, 0.3) is 0 Å². The highest BCUT2D eigenvalue weighted by Crippen LogP contribution is 2.45. The Morgan fingerprint density at radius 3 is 2.61 bits per heavy atom. The molecule has 172 valence electrons. The summed E-state index contributed by atoms with van der Waals surface area (Å²) in [6.07, 6.45) is 3.69. The first kappa shape index (κ1) is 23.1. The van der Waals surface area contributed by atoms with E-state index >= 15 is 0 Å².